The first kappa shape index (κ1) is 22.9. The number of benzene rings is 3. The smallest absolute Gasteiger partial charge is 0.255 e. The van der Waals surface area contributed by atoms with Crippen molar-refractivity contribution in [2.75, 3.05) is 36.4 Å². The van der Waals surface area contributed by atoms with Crippen molar-refractivity contribution < 1.29 is 14.0 Å². The highest BCUT2D eigenvalue weighted by atomic mass is 35.5. The van der Waals surface area contributed by atoms with Gasteiger partial charge in [-0.25, -0.2) is 9.37 Å². The molecule has 3 aromatic carbocycles. The van der Waals surface area contributed by atoms with E-state index in [1.54, 1.807) is 48.7 Å². The number of hydrogen-bond donors (Lipinski definition) is 2. The Bertz CT molecular complexity index is 1420. The first-order valence-electron chi connectivity index (χ1n) is 11.1. The molecule has 1 saturated heterocycles. The van der Waals surface area contributed by atoms with Crippen LogP contribution in [0.2, 0.25) is 5.02 Å². The molecule has 7 nitrogen and oxygen atoms in total. The third kappa shape index (κ3) is 4.99. The maximum absolute atomic E-state index is 14.9. The lowest BCUT2D eigenvalue weighted by Gasteiger charge is -2.28. The van der Waals surface area contributed by atoms with E-state index in [0.717, 1.165) is 38.1 Å². The fourth-order valence-corrected chi connectivity index (χ4v) is 4.05. The van der Waals surface area contributed by atoms with Crippen LogP contribution < -0.4 is 15.5 Å². The minimum absolute atomic E-state index is 0.0972. The zero-order valence-corrected chi connectivity index (χ0v) is 19.3. The summed E-state index contributed by atoms with van der Waals surface area (Å²) in [4.78, 5) is 36.7. The first-order valence-corrected chi connectivity index (χ1v) is 11.5. The molecule has 5 rings (SSSR count). The summed E-state index contributed by atoms with van der Waals surface area (Å²) in [5.41, 5.74) is 2.05. The molecule has 1 aliphatic rings. The Labute approximate surface area is 206 Å². The topological polar surface area (TPSA) is 87.2 Å². The van der Waals surface area contributed by atoms with Crippen molar-refractivity contribution in [3.8, 4) is 0 Å². The lowest BCUT2D eigenvalue weighted by Crippen LogP contribution is -2.43. The minimum atomic E-state index is -0.732. The number of amides is 1. The second-order valence-corrected chi connectivity index (χ2v) is 8.59. The average Bonchev–Trinajstić information content (AvgIpc) is 2.88. The van der Waals surface area contributed by atoms with Crippen LogP contribution in [0.15, 0.2) is 66.9 Å². The Morgan fingerprint density at radius 2 is 1.69 bits per heavy atom. The van der Waals surface area contributed by atoms with Gasteiger partial charge in [0.2, 0.25) is 0 Å². The van der Waals surface area contributed by atoms with Crippen LogP contribution in [0.1, 0.15) is 26.3 Å². The maximum atomic E-state index is 14.9. The van der Waals surface area contributed by atoms with Crippen molar-refractivity contribution in [2.24, 2.45) is 0 Å². The zero-order valence-electron chi connectivity index (χ0n) is 18.6. The third-order valence-corrected chi connectivity index (χ3v) is 6.06. The number of nitrogens with one attached hydrogen (secondary N) is 2. The number of carbonyl (C=O) groups is 2. The molecule has 0 atom stereocenters. The Morgan fingerprint density at radius 1 is 0.943 bits per heavy atom. The van der Waals surface area contributed by atoms with Gasteiger partial charge in [-0.15, -0.1) is 0 Å². The van der Waals surface area contributed by atoms with Crippen LogP contribution in [0.5, 0.6) is 0 Å². The van der Waals surface area contributed by atoms with Crippen LogP contribution >= 0.6 is 11.6 Å². The zero-order chi connectivity index (χ0) is 24.4. The van der Waals surface area contributed by atoms with Crippen LogP contribution in [0, 0.1) is 5.82 Å². The fourth-order valence-electron chi connectivity index (χ4n) is 3.93. The number of anilines is 2. The number of aromatic nitrogens is 2. The van der Waals surface area contributed by atoms with E-state index in [9.17, 15) is 14.0 Å². The molecule has 9 heteroatoms. The van der Waals surface area contributed by atoms with Crippen LogP contribution in [-0.2, 0) is 0 Å². The van der Waals surface area contributed by atoms with E-state index in [1.807, 2.05) is 0 Å². The standard InChI is InChI=1S/C26H21ClFN5O2/c27-18-4-1-16(2-5-18)26(35)31-19-6-7-20(21(28)14-19)25(34)17-3-8-22-23(13-17)32-24(15-30-22)33-11-9-29-10-12-33/h1-8,13-15,29H,9-12H2,(H,31,35). The predicted octanol–water partition coefficient (Wildman–Crippen LogP) is 4.32. The van der Waals surface area contributed by atoms with Gasteiger partial charge in [0.05, 0.1) is 22.8 Å². The molecule has 176 valence electrons. The molecular weight excluding hydrogens is 469 g/mol. The summed E-state index contributed by atoms with van der Waals surface area (Å²) < 4.78 is 14.9. The summed E-state index contributed by atoms with van der Waals surface area (Å²) in [5, 5.41) is 6.43. The van der Waals surface area contributed by atoms with Crippen molar-refractivity contribution in [3.05, 3.63) is 94.4 Å². The lowest BCUT2D eigenvalue weighted by molar-refractivity contribution is 0.102. The van der Waals surface area contributed by atoms with E-state index in [0.29, 0.717) is 27.2 Å². The van der Waals surface area contributed by atoms with Gasteiger partial charge in [-0.05, 0) is 60.7 Å². The Morgan fingerprint density at radius 3 is 2.43 bits per heavy atom. The van der Waals surface area contributed by atoms with Gasteiger partial charge in [-0.1, -0.05) is 11.6 Å². The molecule has 0 spiro atoms. The lowest BCUT2D eigenvalue weighted by atomic mass is 10.0. The van der Waals surface area contributed by atoms with Crippen LogP contribution in [0.25, 0.3) is 11.0 Å². The fraction of sp³-hybridized carbons (Fsp3) is 0.154. The van der Waals surface area contributed by atoms with Crippen molar-refractivity contribution in [2.45, 2.75) is 0 Å². The SMILES string of the molecule is O=C(Nc1ccc(C(=O)c2ccc3ncc(N4CCNCC4)nc3c2)c(F)c1)c1ccc(Cl)cc1. The van der Waals surface area contributed by atoms with Gasteiger partial charge in [0.25, 0.3) is 5.91 Å². The largest absolute Gasteiger partial charge is 0.353 e. The van der Waals surface area contributed by atoms with Crippen LogP contribution in [0.3, 0.4) is 0 Å². The Balaban J connectivity index is 1.36. The van der Waals surface area contributed by atoms with Crippen molar-refractivity contribution in [1.82, 2.24) is 15.3 Å². The molecule has 0 radical (unpaired) electrons. The summed E-state index contributed by atoms with van der Waals surface area (Å²) in [5.74, 6) is -0.872. The van der Waals surface area contributed by atoms with E-state index >= 15 is 0 Å². The molecule has 0 saturated carbocycles. The Hall–Kier alpha value is -3.88. The number of hydrogen-bond acceptors (Lipinski definition) is 6. The Kier molecular flexibility index (Phi) is 6.39. The van der Waals surface area contributed by atoms with Gasteiger partial charge in [0.1, 0.15) is 11.6 Å². The van der Waals surface area contributed by atoms with E-state index in [-0.39, 0.29) is 11.3 Å². The van der Waals surface area contributed by atoms with Gasteiger partial charge < -0.3 is 15.5 Å². The van der Waals surface area contributed by atoms with Crippen LogP contribution in [-0.4, -0.2) is 47.8 Å². The van der Waals surface area contributed by atoms with Gasteiger partial charge in [0, 0.05) is 48.0 Å². The highest BCUT2D eigenvalue weighted by Crippen LogP contribution is 2.22. The second-order valence-electron chi connectivity index (χ2n) is 8.15. The molecule has 2 N–H and O–H groups in total. The average molecular weight is 490 g/mol. The van der Waals surface area contributed by atoms with E-state index in [4.69, 9.17) is 11.6 Å². The molecule has 35 heavy (non-hydrogen) atoms. The summed E-state index contributed by atoms with van der Waals surface area (Å²) >= 11 is 5.85. The number of halogens is 2. The number of ketones is 1. The molecule has 1 aromatic heterocycles. The molecule has 0 unspecified atom stereocenters. The third-order valence-electron chi connectivity index (χ3n) is 5.81. The van der Waals surface area contributed by atoms with Gasteiger partial charge >= 0.3 is 0 Å². The second kappa shape index (κ2) is 9.77. The summed E-state index contributed by atoms with van der Waals surface area (Å²) in [6.45, 7) is 3.39. The molecule has 1 aliphatic heterocycles. The first-order chi connectivity index (χ1) is 17.0. The van der Waals surface area contributed by atoms with Gasteiger partial charge in [0.15, 0.2) is 5.78 Å². The molecule has 1 fully saturated rings. The molecule has 2 heterocycles. The number of carbonyl (C=O) groups excluding carboxylic acids is 2. The van der Waals surface area contributed by atoms with E-state index in [2.05, 4.69) is 25.5 Å². The number of fused-ring (bicyclic) bond motifs is 1. The normalized spacial score (nSPS) is 13.6. The van der Waals surface area contributed by atoms with Gasteiger partial charge in [-0.3, -0.25) is 14.6 Å². The summed E-state index contributed by atoms with van der Waals surface area (Å²) in [6, 6.07) is 15.3. The van der Waals surface area contributed by atoms with E-state index in [1.165, 1.54) is 12.1 Å². The summed E-state index contributed by atoms with van der Waals surface area (Å²) in [6.07, 6.45) is 1.73. The summed E-state index contributed by atoms with van der Waals surface area (Å²) in [7, 11) is 0. The molecule has 0 aliphatic carbocycles. The van der Waals surface area contributed by atoms with Crippen molar-refractivity contribution in [1.29, 1.82) is 0 Å². The van der Waals surface area contributed by atoms with Crippen molar-refractivity contribution in [3.63, 3.8) is 0 Å². The molecular formula is C26H21ClFN5O2. The number of rotatable bonds is 5. The molecule has 0 bridgehead atoms. The maximum Gasteiger partial charge on any atom is 0.255 e. The van der Waals surface area contributed by atoms with Crippen LogP contribution in [0.4, 0.5) is 15.9 Å². The number of piperazine rings is 1. The monoisotopic (exact) mass is 489 g/mol. The number of nitrogens with zero attached hydrogens (tertiary/aromatic N) is 3. The minimum Gasteiger partial charge on any atom is -0.353 e. The molecule has 1 amide bonds. The van der Waals surface area contributed by atoms with E-state index < -0.39 is 17.5 Å². The highest BCUT2D eigenvalue weighted by molar-refractivity contribution is 6.30. The molecule has 4 aromatic rings. The van der Waals surface area contributed by atoms with Crippen molar-refractivity contribution >= 4 is 45.8 Å². The quantitative estimate of drug-likeness (QED) is 0.406. The van der Waals surface area contributed by atoms with Gasteiger partial charge in [-0.2, -0.15) is 0 Å². The highest BCUT2D eigenvalue weighted by Gasteiger charge is 2.18. The predicted molar refractivity (Wildman–Crippen MR) is 134 cm³/mol.